The second kappa shape index (κ2) is 5.60. The molecule has 0 aliphatic heterocycles. The number of hydrogen-bond acceptors (Lipinski definition) is 1. The van der Waals surface area contributed by atoms with E-state index in [1.54, 1.807) is 0 Å². The molecule has 0 heterocycles. The van der Waals surface area contributed by atoms with Gasteiger partial charge in [-0.3, -0.25) is 0 Å². The van der Waals surface area contributed by atoms with Crippen LogP contribution in [0.1, 0.15) is 6.42 Å². The highest BCUT2D eigenvalue weighted by atomic mass is 35.8. The molecule has 0 atom stereocenters. The van der Waals surface area contributed by atoms with E-state index in [0.29, 0.717) is 19.1 Å². The lowest BCUT2D eigenvalue weighted by Crippen LogP contribution is -2.09. The predicted octanol–water partition coefficient (Wildman–Crippen LogP) is 2.98. The van der Waals surface area contributed by atoms with Crippen molar-refractivity contribution in [3.8, 4) is 0 Å². The summed E-state index contributed by atoms with van der Waals surface area (Å²) in [6, 6.07) is -1.97. The molecule has 0 aromatic heterocycles. The van der Waals surface area contributed by atoms with E-state index in [0.717, 1.165) is 0 Å². The van der Waals surface area contributed by atoms with Crippen molar-refractivity contribution in [3.63, 3.8) is 0 Å². The smallest absolute Gasteiger partial charge is 0.341 e. The van der Waals surface area contributed by atoms with Crippen LogP contribution >= 0.6 is 33.2 Å². The van der Waals surface area contributed by atoms with E-state index in [2.05, 4.69) is 4.74 Å². The van der Waals surface area contributed by atoms with Crippen LogP contribution in [0, 0.1) is 0 Å². The molecule has 0 aromatic carbocycles. The van der Waals surface area contributed by atoms with Gasteiger partial charge in [0.25, 0.3) is 0 Å². The van der Waals surface area contributed by atoms with E-state index in [1.807, 2.05) is 0 Å². The summed E-state index contributed by atoms with van der Waals surface area (Å²) in [5, 5.41) is 0. The molecule has 0 saturated heterocycles. The molecule has 0 bridgehead atoms. The molecule has 0 spiro atoms. The van der Waals surface area contributed by atoms with Gasteiger partial charge in [0.05, 0.1) is 0 Å². The van der Waals surface area contributed by atoms with Gasteiger partial charge in [0, 0.05) is 6.61 Å². The highest BCUT2D eigenvalue weighted by Crippen LogP contribution is 2.26. The van der Waals surface area contributed by atoms with Gasteiger partial charge in [-0.2, -0.15) is 0 Å². The summed E-state index contributed by atoms with van der Waals surface area (Å²) in [6.07, 6.45) is 0.618. The lowest BCUT2D eigenvalue weighted by molar-refractivity contribution is 0.0584. The molecule has 10 heavy (non-hydrogen) atoms. The SMILES string of the molecule is FCOCCC[Si](Cl)(Cl)Cl. The maximum absolute atomic E-state index is 11.3. The lowest BCUT2D eigenvalue weighted by Gasteiger charge is -2.05. The van der Waals surface area contributed by atoms with Crippen molar-refractivity contribution in [2.75, 3.05) is 13.5 Å². The second-order valence-corrected chi connectivity index (χ2v) is 11.0. The summed E-state index contributed by atoms with van der Waals surface area (Å²) in [6.45, 7) is -0.432. The first-order valence-electron chi connectivity index (χ1n) is 2.77. The van der Waals surface area contributed by atoms with Gasteiger partial charge in [0.1, 0.15) is 0 Å². The minimum Gasteiger partial charge on any atom is -0.351 e. The van der Waals surface area contributed by atoms with Crippen molar-refractivity contribution >= 4 is 39.2 Å². The van der Waals surface area contributed by atoms with Crippen molar-refractivity contribution in [1.82, 2.24) is 0 Å². The first-order valence-corrected chi connectivity index (χ1v) is 8.01. The van der Waals surface area contributed by atoms with Crippen molar-refractivity contribution < 1.29 is 9.13 Å². The van der Waals surface area contributed by atoms with Crippen LogP contribution in [0.15, 0.2) is 0 Å². The highest BCUT2D eigenvalue weighted by molar-refractivity contribution is 7.64. The third kappa shape index (κ3) is 8.98. The Kier molecular flexibility index (Phi) is 6.15. The Morgan fingerprint density at radius 3 is 2.30 bits per heavy atom. The summed E-state index contributed by atoms with van der Waals surface area (Å²) >= 11 is 16.6. The second-order valence-electron chi connectivity index (χ2n) is 1.74. The Morgan fingerprint density at radius 1 is 1.30 bits per heavy atom. The quantitative estimate of drug-likeness (QED) is 0.397. The van der Waals surface area contributed by atoms with Crippen LogP contribution in [0.25, 0.3) is 0 Å². The first kappa shape index (κ1) is 11.0. The Morgan fingerprint density at radius 2 is 1.90 bits per heavy atom. The van der Waals surface area contributed by atoms with Crippen molar-refractivity contribution in [3.05, 3.63) is 0 Å². The summed E-state index contributed by atoms with van der Waals surface area (Å²) in [5.41, 5.74) is 0. The zero-order chi connectivity index (χ0) is 8.04. The van der Waals surface area contributed by atoms with E-state index in [-0.39, 0.29) is 0 Å². The third-order valence-electron chi connectivity index (χ3n) is 0.826. The minimum absolute atomic E-state index is 0.331. The molecule has 0 aliphatic rings. The fourth-order valence-electron chi connectivity index (χ4n) is 0.429. The molecular weight excluding hydrogens is 217 g/mol. The number of hydrogen-bond donors (Lipinski definition) is 0. The van der Waals surface area contributed by atoms with Gasteiger partial charge in [-0.1, -0.05) is 0 Å². The summed E-state index contributed by atoms with van der Waals surface area (Å²) < 4.78 is 15.7. The summed E-state index contributed by atoms with van der Waals surface area (Å²) in [7, 11) is 0. The lowest BCUT2D eigenvalue weighted by atomic mass is 10.5. The monoisotopic (exact) mass is 224 g/mol. The normalized spacial score (nSPS) is 12.0. The Hall–Kier alpha value is 0.977. The molecule has 0 amide bonds. The molecule has 6 heteroatoms. The van der Waals surface area contributed by atoms with Crippen LogP contribution in [0.5, 0.6) is 0 Å². The average molecular weight is 226 g/mol. The molecule has 1 nitrogen and oxygen atoms in total. The topological polar surface area (TPSA) is 9.23 Å². The van der Waals surface area contributed by atoms with E-state index in [4.69, 9.17) is 33.2 Å². The number of ether oxygens (including phenoxy) is 1. The van der Waals surface area contributed by atoms with Gasteiger partial charge in [-0.15, -0.1) is 33.2 Å². The summed E-state index contributed by atoms with van der Waals surface area (Å²) in [5.74, 6) is 0. The van der Waals surface area contributed by atoms with Crippen molar-refractivity contribution in [2.24, 2.45) is 0 Å². The third-order valence-corrected chi connectivity index (χ3v) is 3.45. The van der Waals surface area contributed by atoms with Crippen LogP contribution in [0.2, 0.25) is 6.04 Å². The zero-order valence-corrected chi connectivity index (χ0v) is 8.52. The van der Waals surface area contributed by atoms with Gasteiger partial charge in [0.15, 0.2) is 6.86 Å². The Labute approximate surface area is 74.5 Å². The van der Waals surface area contributed by atoms with E-state index in [9.17, 15) is 4.39 Å². The minimum atomic E-state index is -2.49. The van der Waals surface area contributed by atoms with Gasteiger partial charge in [-0.25, -0.2) is 4.39 Å². The molecule has 0 aromatic rings. The van der Waals surface area contributed by atoms with Crippen LogP contribution in [-0.2, 0) is 4.74 Å². The van der Waals surface area contributed by atoms with Crippen LogP contribution < -0.4 is 0 Å². The maximum Gasteiger partial charge on any atom is 0.341 e. The van der Waals surface area contributed by atoms with Gasteiger partial charge >= 0.3 is 6.00 Å². The van der Waals surface area contributed by atoms with Gasteiger partial charge < -0.3 is 4.74 Å². The summed E-state index contributed by atoms with van der Waals surface area (Å²) in [4.78, 5) is 0. The van der Waals surface area contributed by atoms with Gasteiger partial charge in [-0.05, 0) is 12.5 Å². The molecule has 0 unspecified atom stereocenters. The molecule has 0 radical (unpaired) electrons. The van der Waals surface area contributed by atoms with Crippen molar-refractivity contribution in [2.45, 2.75) is 12.5 Å². The average Bonchev–Trinajstić information content (AvgIpc) is 1.78. The maximum atomic E-state index is 11.3. The van der Waals surface area contributed by atoms with Crippen LogP contribution in [-0.4, -0.2) is 19.5 Å². The zero-order valence-electron chi connectivity index (χ0n) is 5.25. The van der Waals surface area contributed by atoms with E-state index >= 15 is 0 Å². The Bertz CT molecular complexity index is 87.1. The molecule has 0 rings (SSSR count). The molecule has 0 aliphatic carbocycles. The van der Waals surface area contributed by atoms with E-state index in [1.165, 1.54) is 0 Å². The molecule has 0 fully saturated rings. The van der Waals surface area contributed by atoms with Gasteiger partial charge in [0.2, 0.25) is 0 Å². The number of rotatable bonds is 5. The standard InChI is InChI=1S/C4H8Cl3FOSi/c5-10(6,7)3-1-2-9-4-8/h1-4H2. The molecular formula is C4H8Cl3FOSi. The molecule has 62 valence electrons. The number of alkyl halides is 1. The van der Waals surface area contributed by atoms with E-state index < -0.39 is 12.9 Å². The predicted molar refractivity (Wildman–Crippen MR) is 44.7 cm³/mol. The molecule has 0 saturated carbocycles. The van der Waals surface area contributed by atoms with Crippen molar-refractivity contribution in [1.29, 1.82) is 0 Å². The Balaban J connectivity index is 3.04. The fraction of sp³-hybridized carbons (Fsp3) is 1.00. The molecule has 0 N–H and O–H groups in total. The first-order chi connectivity index (χ1) is 4.56. The number of halogens is 4. The van der Waals surface area contributed by atoms with Crippen LogP contribution in [0.3, 0.4) is 0 Å². The highest BCUT2D eigenvalue weighted by Gasteiger charge is 2.23. The van der Waals surface area contributed by atoms with Crippen LogP contribution in [0.4, 0.5) is 4.39 Å². The largest absolute Gasteiger partial charge is 0.351 e. The fourth-order valence-corrected chi connectivity index (χ4v) is 2.18.